The Balaban J connectivity index is 1.85. The van der Waals surface area contributed by atoms with Gasteiger partial charge in [0.1, 0.15) is 17.8 Å². The molecule has 1 N–H and O–H groups in total. The summed E-state index contributed by atoms with van der Waals surface area (Å²) in [5, 5.41) is 6.70. The van der Waals surface area contributed by atoms with Crippen molar-refractivity contribution in [2.24, 2.45) is 0 Å². The predicted octanol–water partition coefficient (Wildman–Crippen LogP) is 1.55. The fraction of sp³-hybridized carbons (Fsp3) is 0.455. The molecule has 1 atom stereocenters. The largest absolute Gasteiger partial charge is 0.327 e. The molecule has 0 radical (unpaired) electrons. The van der Waals surface area contributed by atoms with Crippen LogP contribution in [0.15, 0.2) is 12.4 Å². The number of amides is 1. The number of carbonyl (C=O) groups is 1. The van der Waals surface area contributed by atoms with E-state index in [0.29, 0.717) is 5.69 Å². The van der Waals surface area contributed by atoms with Gasteiger partial charge in [-0.2, -0.15) is 9.47 Å². The molecule has 0 spiro atoms. The van der Waals surface area contributed by atoms with E-state index >= 15 is 0 Å². The number of aromatic nitrogens is 4. The Morgan fingerprint density at radius 2 is 2.50 bits per heavy atom. The van der Waals surface area contributed by atoms with Crippen molar-refractivity contribution in [2.75, 3.05) is 6.54 Å². The van der Waals surface area contributed by atoms with Crippen LogP contribution in [-0.2, 0) is 0 Å². The van der Waals surface area contributed by atoms with E-state index in [-0.39, 0.29) is 11.9 Å². The molecule has 0 saturated carbocycles. The number of aromatic amines is 1. The molecule has 6 nitrogen and oxygen atoms in total. The summed E-state index contributed by atoms with van der Waals surface area (Å²) in [6.07, 6.45) is 3.38. The lowest BCUT2D eigenvalue weighted by molar-refractivity contribution is 0.0725. The molecule has 2 aromatic heterocycles. The Bertz CT molecular complexity index is 550. The lowest BCUT2D eigenvalue weighted by atomic mass is 10.2. The second kappa shape index (κ2) is 4.49. The standard InChI is InChI=1S/C11H13N5OS/c1-7-5-8(15-18-7)11(17)16-4-2-3-9(16)10-12-6-13-14-10/h5-6,9H,2-4H2,1H3,(H,12,13,14)/t9-/m0/s1. The maximum Gasteiger partial charge on any atom is 0.274 e. The van der Waals surface area contributed by atoms with Crippen molar-refractivity contribution in [3.63, 3.8) is 0 Å². The van der Waals surface area contributed by atoms with E-state index in [1.165, 1.54) is 17.9 Å². The van der Waals surface area contributed by atoms with Crippen LogP contribution in [0.2, 0.25) is 0 Å². The summed E-state index contributed by atoms with van der Waals surface area (Å²) in [5.74, 6) is 0.742. The highest BCUT2D eigenvalue weighted by molar-refractivity contribution is 7.05. The third-order valence-electron chi connectivity index (χ3n) is 3.11. The van der Waals surface area contributed by atoms with Crippen molar-refractivity contribution < 1.29 is 4.79 Å². The highest BCUT2D eigenvalue weighted by Crippen LogP contribution is 2.30. The van der Waals surface area contributed by atoms with Crippen LogP contribution in [0.25, 0.3) is 0 Å². The number of hydrogen-bond donors (Lipinski definition) is 1. The van der Waals surface area contributed by atoms with Crippen LogP contribution in [0.4, 0.5) is 0 Å². The van der Waals surface area contributed by atoms with Gasteiger partial charge in [-0.3, -0.25) is 9.89 Å². The monoisotopic (exact) mass is 263 g/mol. The molecule has 2 aromatic rings. The van der Waals surface area contributed by atoms with Gasteiger partial charge < -0.3 is 4.90 Å². The molecule has 0 aliphatic carbocycles. The minimum Gasteiger partial charge on any atom is -0.327 e. The van der Waals surface area contributed by atoms with E-state index in [1.54, 1.807) is 0 Å². The summed E-state index contributed by atoms with van der Waals surface area (Å²) in [7, 11) is 0. The van der Waals surface area contributed by atoms with Crippen LogP contribution in [0.1, 0.15) is 40.1 Å². The number of hydrogen-bond acceptors (Lipinski definition) is 5. The first-order valence-electron chi connectivity index (χ1n) is 5.85. The van der Waals surface area contributed by atoms with E-state index in [9.17, 15) is 4.79 Å². The van der Waals surface area contributed by atoms with Crippen molar-refractivity contribution in [1.29, 1.82) is 0 Å². The maximum atomic E-state index is 12.4. The van der Waals surface area contributed by atoms with Gasteiger partial charge in [0, 0.05) is 11.4 Å². The molecule has 18 heavy (non-hydrogen) atoms. The maximum absolute atomic E-state index is 12.4. The van der Waals surface area contributed by atoms with Gasteiger partial charge in [-0.05, 0) is 37.4 Å². The van der Waals surface area contributed by atoms with Gasteiger partial charge in [0.2, 0.25) is 0 Å². The summed E-state index contributed by atoms with van der Waals surface area (Å²) in [5.41, 5.74) is 0.531. The minimum absolute atomic E-state index is 0.00186. The van der Waals surface area contributed by atoms with Crippen LogP contribution in [-0.4, -0.2) is 36.9 Å². The van der Waals surface area contributed by atoms with E-state index in [0.717, 1.165) is 30.1 Å². The number of nitrogens with zero attached hydrogens (tertiary/aromatic N) is 4. The zero-order chi connectivity index (χ0) is 12.5. The topological polar surface area (TPSA) is 74.8 Å². The van der Waals surface area contributed by atoms with Crippen LogP contribution in [0.5, 0.6) is 0 Å². The summed E-state index contributed by atoms with van der Waals surface area (Å²) in [6.45, 7) is 2.70. The first-order valence-corrected chi connectivity index (χ1v) is 6.62. The number of nitrogens with one attached hydrogen (secondary N) is 1. The fourth-order valence-corrected chi connectivity index (χ4v) is 2.82. The second-order valence-corrected chi connectivity index (χ2v) is 5.36. The smallest absolute Gasteiger partial charge is 0.274 e. The van der Waals surface area contributed by atoms with Crippen molar-refractivity contribution >= 4 is 17.4 Å². The van der Waals surface area contributed by atoms with Gasteiger partial charge >= 0.3 is 0 Å². The number of H-pyrrole nitrogens is 1. The normalized spacial score (nSPS) is 19.4. The Labute approximate surface area is 108 Å². The average Bonchev–Trinajstić information content (AvgIpc) is 3.08. The molecule has 1 fully saturated rings. The van der Waals surface area contributed by atoms with Crippen LogP contribution >= 0.6 is 11.5 Å². The lowest BCUT2D eigenvalue weighted by Gasteiger charge is -2.21. The minimum atomic E-state index is -0.0155. The Morgan fingerprint density at radius 1 is 1.61 bits per heavy atom. The quantitative estimate of drug-likeness (QED) is 0.892. The van der Waals surface area contributed by atoms with Crippen molar-refractivity contribution in [3.8, 4) is 0 Å². The highest BCUT2D eigenvalue weighted by atomic mass is 32.1. The summed E-state index contributed by atoms with van der Waals surface area (Å²) < 4.78 is 4.18. The summed E-state index contributed by atoms with van der Waals surface area (Å²) in [4.78, 5) is 19.4. The molecule has 3 rings (SSSR count). The first kappa shape index (κ1) is 11.3. The SMILES string of the molecule is Cc1cc(C(=O)N2CCC[C@H]2c2ncn[nH]2)ns1. The number of likely N-dealkylation sites (tertiary alicyclic amines) is 1. The molecule has 0 aromatic carbocycles. The van der Waals surface area contributed by atoms with Gasteiger partial charge in [-0.15, -0.1) is 0 Å². The lowest BCUT2D eigenvalue weighted by Crippen LogP contribution is -2.31. The molecule has 0 unspecified atom stereocenters. The summed E-state index contributed by atoms with van der Waals surface area (Å²) >= 11 is 1.36. The zero-order valence-corrected chi connectivity index (χ0v) is 10.8. The molecular weight excluding hydrogens is 250 g/mol. The van der Waals surface area contributed by atoms with E-state index in [2.05, 4.69) is 19.6 Å². The Hall–Kier alpha value is -1.76. The molecule has 94 valence electrons. The van der Waals surface area contributed by atoms with Gasteiger partial charge in [0.25, 0.3) is 5.91 Å². The Kier molecular flexibility index (Phi) is 2.83. The number of aryl methyl sites for hydroxylation is 1. The van der Waals surface area contributed by atoms with Crippen LogP contribution in [0.3, 0.4) is 0 Å². The molecule has 0 bridgehead atoms. The number of carbonyl (C=O) groups excluding carboxylic acids is 1. The predicted molar refractivity (Wildman–Crippen MR) is 66.2 cm³/mol. The van der Waals surface area contributed by atoms with Crippen LogP contribution in [0, 0.1) is 6.92 Å². The third kappa shape index (κ3) is 1.90. The van der Waals surface area contributed by atoms with E-state index in [1.807, 2.05) is 17.9 Å². The van der Waals surface area contributed by atoms with Crippen LogP contribution < -0.4 is 0 Å². The van der Waals surface area contributed by atoms with E-state index < -0.39 is 0 Å². The fourth-order valence-electron chi connectivity index (χ4n) is 2.28. The molecule has 1 aliphatic rings. The average molecular weight is 263 g/mol. The molecule has 7 heteroatoms. The van der Waals surface area contributed by atoms with Gasteiger partial charge in [0.05, 0.1) is 6.04 Å². The molecular formula is C11H13N5OS. The van der Waals surface area contributed by atoms with Crippen molar-refractivity contribution in [1.82, 2.24) is 24.5 Å². The zero-order valence-electron chi connectivity index (χ0n) is 9.96. The highest BCUT2D eigenvalue weighted by Gasteiger charge is 2.33. The molecule has 1 amide bonds. The Morgan fingerprint density at radius 3 is 3.17 bits per heavy atom. The third-order valence-corrected chi connectivity index (χ3v) is 3.80. The summed E-state index contributed by atoms with van der Waals surface area (Å²) in [6, 6.07) is 1.84. The van der Waals surface area contributed by atoms with Gasteiger partial charge in [-0.1, -0.05) is 0 Å². The van der Waals surface area contributed by atoms with Gasteiger partial charge in [0.15, 0.2) is 0 Å². The van der Waals surface area contributed by atoms with Crippen molar-refractivity contribution in [2.45, 2.75) is 25.8 Å². The van der Waals surface area contributed by atoms with Gasteiger partial charge in [-0.25, -0.2) is 4.98 Å². The molecule has 1 aliphatic heterocycles. The van der Waals surface area contributed by atoms with E-state index in [4.69, 9.17) is 0 Å². The second-order valence-electron chi connectivity index (χ2n) is 4.35. The van der Waals surface area contributed by atoms with Crippen molar-refractivity contribution in [3.05, 3.63) is 28.8 Å². The molecule has 3 heterocycles. The molecule has 1 saturated heterocycles. The number of rotatable bonds is 2. The first-order chi connectivity index (χ1) is 8.75.